The number of benzene rings is 4. The lowest BCUT2D eigenvalue weighted by Gasteiger charge is -2.42. The number of ether oxygens (including phenoxy) is 2. The number of carbonyl (C=O) groups excluding carboxylic acids is 2. The first kappa shape index (κ1) is 42.5. The Balaban J connectivity index is 0.00000257. The predicted molar refractivity (Wildman–Crippen MR) is 244 cm³/mol. The smallest absolute Gasteiger partial charge is 0.264 e. The number of phenols is 1. The van der Waals surface area contributed by atoms with Gasteiger partial charge in [-0.25, -0.2) is 0 Å². The molecule has 318 valence electrons. The Morgan fingerprint density at radius 2 is 1.59 bits per heavy atom. The zero-order valence-corrected chi connectivity index (χ0v) is 36.6. The molecule has 10 rings (SSSR count). The molecule has 0 unspecified atom stereocenters. The van der Waals surface area contributed by atoms with Gasteiger partial charge in [0.25, 0.3) is 11.8 Å². The lowest BCUT2D eigenvalue weighted by molar-refractivity contribution is 0.0536. The van der Waals surface area contributed by atoms with Crippen molar-refractivity contribution in [3.63, 3.8) is 0 Å². The number of likely N-dealkylation sites (N-methyl/N-ethyl adjacent to an activating group) is 1. The summed E-state index contributed by atoms with van der Waals surface area (Å²) in [4.78, 5) is 39.2. The average molecular weight is 884 g/mol. The molecule has 2 amide bonds. The Labute approximate surface area is 372 Å². The topological polar surface area (TPSA) is 95.7 Å². The molecule has 4 aliphatic rings. The maximum absolute atomic E-state index is 15.4. The number of halogens is 3. The lowest BCUT2D eigenvalue weighted by atomic mass is 9.91. The minimum absolute atomic E-state index is 0. The highest BCUT2D eigenvalue weighted by molar-refractivity contribution is 6.31. The Hall–Kier alpha value is -5.17. The SMILES string of the molecule is CN1CCN(C[C@@H]2Cc3c(Cl)cccc3CN2C(=O)c2cc3c(cc2-c2cc(C(=O)N(c4ccc(O)cc4)c4ccc5c(ccn5C)c4)c4n2CCCC4)OCO3)CC1.Cl.Cl. The maximum Gasteiger partial charge on any atom is 0.264 e. The maximum atomic E-state index is 15.4. The molecule has 0 aliphatic carbocycles. The van der Waals surface area contributed by atoms with E-state index < -0.39 is 0 Å². The van der Waals surface area contributed by atoms with Gasteiger partial charge in [-0.15, -0.1) is 24.8 Å². The minimum atomic E-state index is -0.187. The van der Waals surface area contributed by atoms with Crippen LogP contribution in [0.1, 0.15) is 50.4 Å². The van der Waals surface area contributed by atoms with Gasteiger partial charge in [-0.1, -0.05) is 23.7 Å². The van der Waals surface area contributed by atoms with Gasteiger partial charge < -0.3 is 33.5 Å². The highest BCUT2D eigenvalue weighted by atomic mass is 35.5. The molecular formula is C47H49Cl3N6O5. The average Bonchev–Trinajstić information content (AvgIpc) is 3.98. The van der Waals surface area contributed by atoms with Crippen molar-refractivity contribution in [2.45, 2.75) is 44.8 Å². The summed E-state index contributed by atoms with van der Waals surface area (Å²) >= 11 is 6.81. The quantitative estimate of drug-likeness (QED) is 0.172. The van der Waals surface area contributed by atoms with Gasteiger partial charge in [-0.2, -0.15) is 0 Å². The van der Waals surface area contributed by atoms with Gasteiger partial charge in [0.1, 0.15) is 5.75 Å². The summed E-state index contributed by atoms with van der Waals surface area (Å²) in [7, 11) is 4.15. The molecule has 1 atom stereocenters. The van der Waals surface area contributed by atoms with Gasteiger partial charge in [0.15, 0.2) is 11.5 Å². The molecule has 1 saturated heterocycles. The van der Waals surface area contributed by atoms with Crippen LogP contribution in [0.25, 0.3) is 22.2 Å². The highest BCUT2D eigenvalue weighted by Gasteiger charge is 2.37. The van der Waals surface area contributed by atoms with Crippen molar-refractivity contribution in [3.05, 3.63) is 124 Å². The largest absolute Gasteiger partial charge is 0.508 e. The summed E-state index contributed by atoms with van der Waals surface area (Å²) in [6.45, 7) is 5.79. The number of anilines is 2. The fourth-order valence-electron chi connectivity index (χ4n) is 9.45. The van der Waals surface area contributed by atoms with Crippen LogP contribution >= 0.6 is 36.4 Å². The van der Waals surface area contributed by atoms with E-state index >= 15 is 9.59 Å². The first-order valence-electron chi connectivity index (χ1n) is 20.5. The Kier molecular flexibility index (Phi) is 12.1. The molecular weight excluding hydrogens is 835 g/mol. The van der Waals surface area contributed by atoms with Crippen molar-refractivity contribution in [3.8, 4) is 28.5 Å². The van der Waals surface area contributed by atoms with Gasteiger partial charge in [0.2, 0.25) is 6.79 Å². The Bertz CT molecular complexity index is 2620. The summed E-state index contributed by atoms with van der Waals surface area (Å²) in [5, 5.41) is 12.0. The van der Waals surface area contributed by atoms with Crippen LogP contribution in [0.2, 0.25) is 5.02 Å². The number of carbonyl (C=O) groups is 2. The van der Waals surface area contributed by atoms with Crippen LogP contribution in [0.15, 0.2) is 91.1 Å². The molecule has 0 radical (unpaired) electrons. The molecule has 2 aromatic heterocycles. The second-order valence-electron chi connectivity index (χ2n) is 16.3. The van der Waals surface area contributed by atoms with Crippen LogP contribution in [-0.4, -0.2) is 93.4 Å². The first-order chi connectivity index (χ1) is 28.7. The normalized spacial score (nSPS) is 17.3. The molecule has 4 aromatic carbocycles. The number of aryl methyl sites for hydroxylation is 1. The van der Waals surface area contributed by atoms with E-state index in [9.17, 15) is 5.11 Å². The van der Waals surface area contributed by atoms with Gasteiger partial charge in [-0.05, 0) is 117 Å². The third kappa shape index (κ3) is 7.83. The summed E-state index contributed by atoms with van der Waals surface area (Å²) in [5.74, 6) is 0.943. The molecule has 4 aliphatic heterocycles. The zero-order chi connectivity index (χ0) is 40.4. The van der Waals surface area contributed by atoms with Crippen LogP contribution in [-0.2, 0) is 33.0 Å². The summed E-state index contributed by atoms with van der Waals surface area (Å²) in [5.41, 5.74) is 8.10. The van der Waals surface area contributed by atoms with Crippen molar-refractivity contribution in [2.75, 3.05) is 51.5 Å². The number of hydrogen-bond donors (Lipinski definition) is 1. The van der Waals surface area contributed by atoms with Gasteiger partial charge >= 0.3 is 0 Å². The molecule has 6 heterocycles. The van der Waals surface area contributed by atoms with Crippen molar-refractivity contribution in [1.29, 1.82) is 0 Å². The summed E-state index contributed by atoms with van der Waals surface area (Å²) in [6.07, 6.45) is 5.27. The minimum Gasteiger partial charge on any atom is -0.508 e. The summed E-state index contributed by atoms with van der Waals surface area (Å²) in [6, 6.07) is 26.4. The summed E-state index contributed by atoms with van der Waals surface area (Å²) < 4.78 is 16.1. The number of hydrogen-bond acceptors (Lipinski definition) is 7. The van der Waals surface area contributed by atoms with Crippen molar-refractivity contribution in [2.24, 2.45) is 7.05 Å². The van der Waals surface area contributed by atoms with E-state index in [1.807, 2.05) is 72.7 Å². The Morgan fingerprint density at radius 1 is 0.836 bits per heavy atom. The molecule has 0 bridgehead atoms. The van der Waals surface area contributed by atoms with Gasteiger partial charge in [-0.3, -0.25) is 19.4 Å². The Morgan fingerprint density at radius 3 is 2.38 bits per heavy atom. The molecule has 0 saturated carbocycles. The van der Waals surface area contributed by atoms with Crippen LogP contribution in [0.5, 0.6) is 17.2 Å². The second kappa shape index (κ2) is 17.3. The van der Waals surface area contributed by atoms with E-state index in [1.54, 1.807) is 29.2 Å². The third-order valence-corrected chi connectivity index (χ3v) is 13.1. The fraction of sp³-hybridized carbons (Fsp3) is 0.319. The fourth-order valence-corrected chi connectivity index (χ4v) is 9.72. The van der Waals surface area contributed by atoms with Crippen molar-refractivity contribution >= 4 is 70.5 Å². The standard InChI is InChI=1S/C47H47ClN6O5.2ClH/c1-49-18-20-51(21-19-49)28-34-23-36-31(6-5-7-40(36)48)27-53(34)46(56)38-26-45-44(58-29-59-45)25-37(38)43-24-39(42-8-3-4-16-52(42)43)47(57)54(32-9-12-35(55)13-10-32)33-11-14-41-30(22-33)15-17-50(41)2;;/h5-7,9-15,17,22,24-26,34,55H,3-4,8,16,18-21,23,27-29H2,1-2H3;2*1H/t34-;;/m0../s1. The number of rotatable bonds is 7. The van der Waals surface area contributed by atoms with E-state index in [4.69, 9.17) is 21.1 Å². The number of aromatic nitrogens is 2. The molecule has 1 N–H and O–H groups in total. The molecule has 61 heavy (non-hydrogen) atoms. The van der Waals surface area contributed by atoms with E-state index in [2.05, 4.69) is 32.0 Å². The van der Waals surface area contributed by atoms with E-state index in [0.717, 1.165) is 84.0 Å². The molecule has 1 fully saturated rings. The van der Waals surface area contributed by atoms with Crippen molar-refractivity contribution < 1.29 is 24.2 Å². The van der Waals surface area contributed by atoms with E-state index in [1.165, 1.54) is 0 Å². The van der Waals surface area contributed by atoms with Crippen LogP contribution in [0.3, 0.4) is 0 Å². The molecule has 6 aromatic rings. The first-order valence-corrected chi connectivity index (χ1v) is 20.9. The molecule has 0 spiro atoms. The predicted octanol–water partition coefficient (Wildman–Crippen LogP) is 8.71. The number of amides is 2. The highest BCUT2D eigenvalue weighted by Crippen LogP contribution is 2.43. The number of nitrogens with zero attached hydrogens (tertiary/aromatic N) is 6. The third-order valence-electron chi connectivity index (χ3n) is 12.7. The van der Waals surface area contributed by atoms with E-state index in [-0.39, 0.29) is 55.2 Å². The van der Waals surface area contributed by atoms with Gasteiger partial charge in [0, 0.05) is 109 Å². The van der Waals surface area contributed by atoms with E-state index in [0.29, 0.717) is 65.5 Å². The molecule has 14 heteroatoms. The lowest BCUT2D eigenvalue weighted by Crippen LogP contribution is -2.53. The van der Waals surface area contributed by atoms with Crippen LogP contribution in [0.4, 0.5) is 11.4 Å². The van der Waals surface area contributed by atoms with Crippen molar-refractivity contribution in [1.82, 2.24) is 23.8 Å². The number of fused-ring (bicyclic) bond motifs is 4. The number of phenolic OH excluding ortho intramolecular Hbond substituents is 1. The number of piperazine rings is 1. The van der Waals surface area contributed by atoms with Crippen LogP contribution < -0.4 is 14.4 Å². The monoisotopic (exact) mass is 882 g/mol. The zero-order valence-electron chi connectivity index (χ0n) is 34.2. The van der Waals surface area contributed by atoms with Gasteiger partial charge in [0.05, 0.1) is 11.1 Å². The number of aromatic hydroxyl groups is 1. The second-order valence-corrected chi connectivity index (χ2v) is 16.8. The van der Waals surface area contributed by atoms with Crippen LogP contribution in [0, 0.1) is 0 Å². The molecule has 11 nitrogen and oxygen atoms in total.